The van der Waals surface area contributed by atoms with Crippen LogP contribution in [0.3, 0.4) is 0 Å². The number of carbonyl (C=O) groups is 2. The standard InChI is InChI=1S/C14H15ClF2O3S/c1-4-20-14(19)12(7(2)3)21-11-5-8(13(15)18)9(16)6-10(11)17/h5-7,12H,4H2,1-3H3. The summed E-state index contributed by atoms with van der Waals surface area (Å²) in [6.07, 6.45) is 0. The number of hydrogen-bond acceptors (Lipinski definition) is 4. The van der Waals surface area contributed by atoms with Gasteiger partial charge in [0.2, 0.25) is 0 Å². The number of halogens is 3. The van der Waals surface area contributed by atoms with E-state index in [1.807, 2.05) is 0 Å². The van der Waals surface area contributed by atoms with Crippen LogP contribution >= 0.6 is 23.4 Å². The number of rotatable bonds is 6. The minimum atomic E-state index is -1.03. The van der Waals surface area contributed by atoms with Crippen molar-refractivity contribution in [3.63, 3.8) is 0 Å². The topological polar surface area (TPSA) is 43.4 Å². The van der Waals surface area contributed by atoms with E-state index in [1.54, 1.807) is 20.8 Å². The highest BCUT2D eigenvalue weighted by Crippen LogP contribution is 2.33. The zero-order valence-electron chi connectivity index (χ0n) is 11.8. The van der Waals surface area contributed by atoms with Gasteiger partial charge in [0.1, 0.15) is 16.9 Å². The Morgan fingerprint density at radius 3 is 2.38 bits per heavy atom. The summed E-state index contributed by atoms with van der Waals surface area (Å²) in [5, 5.41) is -1.69. The Bertz CT molecular complexity index is 549. The first-order valence-electron chi connectivity index (χ1n) is 6.30. The molecule has 0 N–H and O–H groups in total. The Hall–Kier alpha value is -1.14. The number of thioether (sulfide) groups is 1. The molecule has 1 aromatic carbocycles. The molecule has 0 heterocycles. The molecule has 0 saturated heterocycles. The summed E-state index contributed by atoms with van der Waals surface area (Å²) in [7, 11) is 0. The fourth-order valence-electron chi connectivity index (χ4n) is 1.59. The van der Waals surface area contributed by atoms with Gasteiger partial charge < -0.3 is 4.74 Å². The summed E-state index contributed by atoms with van der Waals surface area (Å²) in [6, 6.07) is 1.60. The lowest BCUT2D eigenvalue weighted by atomic mass is 10.1. The second kappa shape index (κ2) is 7.75. The summed E-state index contributed by atoms with van der Waals surface area (Å²) in [4.78, 5) is 22.9. The molecule has 21 heavy (non-hydrogen) atoms. The van der Waals surface area contributed by atoms with Gasteiger partial charge in [-0.2, -0.15) is 0 Å². The molecular weight excluding hydrogens is 322 g/mol. The Labute approximate surface area is 131 Å². The maximum Gasteiger partial charge on any atom is 0.319 e. The summed E-state index contributed by atoms with van der Waals surface area (Å²) in [5.41, 5.74) is -0.424. The molecule has 0 radical (unpaired) electrons. The van der Waals surface area contributed by atoms with Crippen molar-refractivity contribution >= 4 is 34.6 Å². The van der Waals surface area contributed by atoms with Gasteiger partial charge in [-0.15, -0.1) is 11.8 Å². The number of carbonyl (C=O) groups excluding carboxylic acids is 2. The second-order valence-electron chi connectivity index (χ2n) is 4.57. The average molecular weight is 337 g/mol. The molecule has 0 saturated carbocycles. The molecule has 1 aromatic rings. The Morgan fingerprint density at radius 1 is 1.29 bits per heavy atom. The van der Waals surface area contributed by atoms with Crippen LogP contribution in [0.4, 0.5) is 8.78 Å². The first-order chi connectivity index (χ1) is 9.77. The predicted molar refractivity (Wildman–Crippen MR) is 77.7 cm³/mol. The molecule has 0 aliphatic carbocycles. The van der Waals surface area contributed by atoms with E-state index >= 15 is 0 Å². The quantitative estimate of drug-likeness (QED) is 0.447. The summed E-state index contributed by atoms with van der Waals surface area (Å²) in [6.45, 7) is 5.44. The molecule has 0 amide bonds. The van der Waals surface area contributed by atoms with E-state index in [4.69, 9.17) is 16.3 Å². The van der Waals surface area contributed by atoms with Gasteiger partial charge in [-0.1, -0.05) is 13.8 Å². The highest BCUT2D eigenvalue weighted by molar-refractivity contribution is 8.00. The summed E-state index contributed by atoms with van der Waals surface area (Å²) in [5.74, 6) is -2.50. The molecule has 0 fully saturated rings. The zero-order chi connectivity index (χ0) is 16.2. The second-order valence-corrected chi connectivity index (χ2v) is 6.10. The minimum Gasteiger partial charge on any atom is -0.465 e. The summed E-state index contributed by atoms with van der Waals surface area (Å²) < 4.78 is 32.1. The van der Waals surface area contributed by atoms with E-state index < -0.39 is 33.7 Å². The van der Waals surface area contributed by atoms with Crippen LogP contribution < -0.4 is 0 Å². The Kier molecular flexibility index (Phi) is 6.61. The average Bonchev–Trinajstić information content (AvgIpc) is 2.36. The fraction of sp³-hybridized carbons (Fsp3) is 0.429. The van der Waals surface area contributed by atoms with Crippen LogP contribution in [0.5, 0.6) is 0 Å². The van der Waals surface area contributed by atoms with Gasteiger partial charge in [-0.25, -0.2) is 8.78 Å². The molecule has 0 bridgehead atoms. The van der Waals surface area contributed by atoms with E-state index in [9.17, 15) is 18.4 Å². The van der Waals surface area contributed by atoms with Crippen molar-refractivity contribution < 1.29 is 23.1 Å². The molecule has 0 aliphatic rings. The van der Waals surface area contributed by atoms with Crippen molar-refractivity contribution in [2.75, 3.05) is 6.61 Å². The zero-order valence-corrected chi connectivity index (χ0v) is 13.4. The van der Waals surface area contributed by atoms with E-state index in [-0.39, 0.29) is 17.4 Å². The lowest BCUT2D eigenvalue weighted by Gasteiger charge is -2.19. The van der Waals surface area contributed by atoms with Crippen LogP contribution in [0.1, 0.15) is 31.1 Å². The van der Waals surface area contributed by atoms with E-state index in [0.29, 0.717) is 6.07 Å². The lowest BCUT2D eigenvalue weighted by molar-refractivity contribution is -0.143. The van der Waals surface area contributed by atoms with Crippen molar-refractivity contribution in [1.82, 2.24) is 0 Å². The van der Waals surface area contributed by atoms with Gasteiger partial charge in [0.05, 0.1) is 12.2 Å². The maximum atomic E-state index is 13.8. The smallest absolute Gasteiger partial charge is 0.319 e. The molecule has 7 heteroatoms. The normalized spacial score (nSPS) is 12.3. The van der Waals surface area contributed by atoms with Gasteiger partial charge in [-0.3, -0.25) is 9.59 Å². The van der Waals surface area contributed by atoms with Crippen molar-refractivity contribution in [2.24, 2.45) is 5.92 Å². The molecule has 1 unspecified atom stereocenters. The molecule has 0 aromatic heterocycles. The van der Waals surface area contributed by atoms with E-state index in [2.05, 4.69) is 0 Å². The van der Waals surface area contributed by atoms with Crippen molar-refractivity contribution in [1.29, 1.82) is 0 Å². The first-order valence-corrected chi connectivity index (χ1v) is 7.55. The molecule has 1 rings (SSSR count). The third kappa shape index (κ3) is 4.68. The van der Waals surface area contributed by atoms with Gasteiger partial charge in [0.25, 0.3) is 5.24 Å². The van der Waals surface area contributed by atoms with Gasteiger partial charge in [-0.05, 0) is 30.5 Å². The van der Waals surface area contributed by atoms with Crippen LogP contribution in [0.25, 0.3) is 0 Å². The monoisotopic (exact) mass is 336 g/mol. The number of hydrogen-bond donors (Lipinski definition) is 0. The molecule has 116 valence electrons. The Balaban J connectivity index is 3.12. The van der Waals surface area contributed by atoms with E-state index in [0.717, 1.165) is 17.8 Å². The largest absolute Gasteiger partial charge is 0.465 e. The van der Waals surface area contributed by atoms with Crippen LogP contribution in [0, 0.1) is 17.6 Å². The SMILES string of the molecule is CCOC(=O)C(Sc1cc(C(=O)Cl)c(F)cc1F)C(C)C. The van der Waals surface area contributed by atoms with Gasteiger partial charge >= 0.3 is 5.97 Å². The fourth-order valence-corrected chi connectivity index (χ4v) is 2.80. The van der Waals surface area contributed by atoms with Gasteiger partial charge in [0, 0.05) is 11.0 Å². The number of ether oxygens (including phenoxy) is 1. The van der Waals surface area contributed by atoms with Gasteiger partial charge in [0.15, 0.2) is 0 Å². The van der Waals surface area contributed by atoms with Crippen LogP contribution in [0.15, 0.2) is 17.0 Å². The predicted octanol–water partition coefficient (Wildman–Crippen LogP) is 4.02. The van der Waals surface area contributed by atoms with Crippen molar-refractivity contribution in [2.45, 2.75) is 30.9 Å². The third-order valence-corrected chi connectivity index (χ3v) is 4.37. The molecule has 0 aliphatic heterocycles. The molecule has 1 atom stereocenters. The van der Waals surface area contributed by atoms with Crippen LogP contribution in [-0.4, -0.2) is 23.1 Å². The van der Waals surface area contributed by atoms with Crippen LogP contribution in [-0.2, 0) is 9.53 Å². The summed E-state index contributed by atoms with van der Waals surface area (Å²) >= 11 is 6.13. The molecular formula is C14H15ClF2O3S. The van der Waals surface area contributed by atoms with E-state index in [1.165, 1.54) is 0 Å². The molecule has 0 spiro atoms. The number of benzene rings is 1. The maximum absolute atomic E-state index is 13.8. The van der Waals surface area contributed by atoms with Crippen LogP contribution in [0.2, 0.25) is 0 Å². The van der Waals surface area contributed by atoms with Crippen molar-refractivity contribution in [3.05, 3.63) is 29.3 Å². The third-order valence-electron chi connectivity index (χ3n) is 2.61. The molecule has 3 nitrogen and oxygen atoms in total. The first kappa shape index (κ1) is 17.9. The highest BCUT2D eigenvalue weighted by atomic mass is 35.5. The minimum absolute atomic E-state index is 0.0212. The number of esters is 1. The lowest BCUT2D eigenvalue weighted by Crippen LogP contribution is -2.25. The highest BCUT2D eigenvalue weighted by Gasteiger charge is 2.27. The van der Waals surface area contributed by atoms with Crippen molar-refractivity contribution in [3.8, 4) is 0 Å². The Morgan fingerprint density at radius 2 is 1.90 bits per heavy atom.